The van der Waals surface area contributed by atoms with Crippen LogP contribution in [0.3, 0.4) is 0 Å². The number of benzene rings is 2. The first kappa shape index (κ1) is 16.1. The molecule has 0 aliphatic heterocycles. The molecular formula is C18H24O2. The number of hydrogen-bond acceptors (Lipinski definition) is 2. The average molecular weight is 272 g/mol. The molecule has 0 heterocycles. The number of rotatable bonds is 2. The van der Waals surface area contributed by atoms with Crippen molar-refractivity contribution in [2.24, 2.45) is 0 Å². The van der Waals surface area contributed by atoms with Gasteiger partial charge in [0.2, 0.25) is 0 Å². The third-order valence-electron chi connectivity index (χ3n) is 3.12. The lowest BCUT2D eigenvalue weighted by Crippen LogP contribution is -1.90. The Morgan fingerprint density at radius 2 is 0.800 bits per heavy atom. The van der Waals surface area contributed by atoms with Crippen LogP contribution in [0.15, 0.2) is 48.5 Å². The second-order valence-electron chi connectivity index (χ2n) is 5.49. The van der Waals surface area contributed by atoms with Crippen LogP contribution >= 0.6 is 0 Å². The largest absolute Gasteiger partial charge is 0.508 e. The smallest absolute Gasteiger partial charge is 0.115 e. The zero-order chi connectivity index (χ0) is 15.1. The van der Waals surface area contributed by atoms with Crippen molar-refractivity contribution in [2.75, 3.05) is 0 Å². The summed E-state index contributed by atoms with van der Waals surface area (Å²) >= 11 is 0. The number of phenolic OH excluding ortho intramolecular Hbond substituents is 2. The monoisotopic (exact) mass is 272 g/mol. The number of aromatic hydroxyl groups is 2. The van der Waals surface area contributed by atoms with Gasteiger partial charge in [0.15, 0.2) is 0 Å². The molecule has 0 spiro atoms. The fourth-order valence-corrected chi connectivity index (χ4v) is 1.72. The molecule has 2 nitrogen and oxygen atoms in total. The van der Waals surface area contributed by atoms with E-state index in [1.165, 1.54) is 35.4 Å². The van der Waals surface area contributed by atoms with Gasteiger partial charge in [-0.1, -0.05) is 52.0 Å². The fourth-order valence-electron chi connectivity index (χ4n) is 1.72. The maximum Gasteiger partial charge on any atom is 0.115 e. The molecular weight excluding hydrogens is 248 g/mol. The first-order chi connectivity index (χ1) is 9.40. The first-order valence-corrected chi connectivity index (χ1v) is 6.98. The van der Waals surface area contributed by atoms with E-state index in [1.54, 1.807) is 0 Å². The van der Waals surface area contributed by atoms with Crippen molar-refractivity contribution >= 4 is 0 Å². The highest BCUT2D eigenvalue weighted by Gasteiger charge is 2.00. The molecule has 0 amide bonds. The van der Waals surface area contributed by atoms with E-state index in [0.717, 1.165) is 0 Å². The van der Waals surface area contributed by atoms with E-state index < -0.39 is 0 Å². The highest BCUT2D eigenvalue weighted by atomic mass is 16.3. The molecule has 2 aromatic carbocycles. The summed E-state index contributed by atoms with van der Waals surface area (Å²) in [6.45, 7) is 8.91. The van der Waals surface area contributed by atoms with Crippen molar-refractivity contribution in [3.8, 4) is 11.5 Å². The molecule has 2 N–H and O–H groups in total. The topological polar surface area (TPSA) is 40.5 Å². The third kappa shape index (κ3) is 5.35. The van der Waals surface area contributed by atoms with E-state index in [2.05, 4.69) is 52.0 Å². The second-order valence-corrected chi connectivity index (χ2v) is 5.49. The summed E-state index contributed by atoms with van der Waals surface area (Å²) in [5.74, 6) is 1.63. The Kier molecular flexibility index (Phi) is 6.10. The van der Waals surface area contributed by atoms with Crippen molar-refractivity contribution in [3.05, 3.63) is 59.7 Å². The first-order valence-electron chi connectivity index (χ1n) is 6.98. The molecule has 0 aromatic heterocycles. The number of hydrogen-bond donors (Lipinski definition) is 2. The van der Waals surface area contributed by atoms with E-state index in [1.807, 2.05) is 0 Å². The van der Waals surface area contributed by atoms with E-state index in [9.17, 15) is 0 Å². The molecule has 0 radical (unpaired) electrons. The summed E-state index contributed by atoms with van der Waals surface area (Å²) in [5, 5.41) is 17.3. The van der Waals surface area contributed by atoms with Gasteiger partial charge >= 0.3 is 0 Å². The second kappa shape index (κ2) is 7.59. The number of phenols is 2. The summed E-state index contributed by atoms with van der Waals surface area (Å²) in [5.41, 5.74) is 2.86. The molecule has 20 heavy (non-hydrogen) atoms. The zero-order valence-electron chi connectivity index (χ0n) is 12.7. The van der Waals surface area contributed by atoms with Gasteiger partial charge < -0.3 is 10.2 Å². The Bertz CT molecular complexity index is 448. The molecule has 0 unspecified atom stereocenters. The van der Waals surface area contributed by atoms with Crippen molar-refractivity contribution in [2.45, 2.75) is 39.5 Å². The molecule has 0 aliphatic rings. The van der Waals surface area contributed by atoms with Gasteiger partial charge in [-0.25, -0.2) is 0 Å². The van der Waals surface area contributed by atoms with Crippen LogP contribution in [-0.4, -0.2) is 10.2 Å². The predicted molar refractivity (Wildman–Crippen MR) is 84.4 cm³/mol. The van der Waals surface area contributed by atoms with Crippen LogP contribution in [0.5, 0.6) is 11.5 Å². The van der Waals surface area contributed by atoms with Crippen molar-refractivity contribution in [1.29, 1.82) is 0 Å². The van der Waals surface area contributed by atoms with Gasteiger partial charge in [-0.05, 0) is 47.2 Å². The Hall–Kier alpha value is -1.96. The van der Waals surface area contributed by atoms with Gasteiger partial charge in [0.05, 0.1) is 0 Å². The Morgan fingerprint density at radius 1 is 0.550 bits per heavy atom. The minimum absolute atomic E-state index is 0.169. The molecule has 0 saturated carbocycles. The Balaban J connectivity index is 0.000000217. The molecule has 2 aromatic rings. The fraction of sp³-hybridized carbons (Fsp3) is 0.333. The quantitative estimate of drug-likeness (QED) is 0.753. The summed E-state index contributed by atoms with van der Waals surface area (Å²) < 4.78 is 0. The predicted octanol–water partition coefficient (Wildman–Crippen LogP) is 5.03. The maximum absolute atomic E-state index is 8.65. The lowest BCUT2D eigenvalue weighted by Gasteiger charge is -2.08. The molecule has 0 saturated heterocycles. The van der Waals surface area contributed by atoms with Gasteiger partial charge in [-0.2, -0.15) is 0 Å². The normalized spacial score (nSPS) is 10.3. The highest BCUT2D eigenvalue weighted by Crippen LogP contribution is 2.19. The van der Waals surface area contributed by atoms with E-state index in [-0.39, 0.29) is 11.5 Å². The summed E-state index contributed by atoms with van der Waals surface area (Å²) in [7, 11) is 0. The van der Waals surface area contributed by atoms with Crippen LogP contribution in [0.25, 0.3) is 0 Å². The van der Waals surface area contributed by atoms with Crippen LogP contribution in [0.4, 0.5) is 0 Å². The summed E-state index contributed by atoms with van der Waals surface area (Å²) in [6.07, 6.45) is 0. The van der Waals surface area contributed by atoms with Crippen molar-refractivity contribution < 1.29 is 10.2 Å². The van der Waals surface area contributed by atoms with Gasteiger partial charge in [-0.15, -0.1) is 0 Å². The van der Waals surface area contributed by atoms with Crippen LogP contribution in [0.2, 0.25) is 0 Å². The lowest BCUT2D eigenvalue weighted by atomic mass is 9.97. The highest BCUT2D eigenvalue weighted by molar-refractivity contribution is 5.28. The van der Waals surface area contributed by atoms with E-state index in [4.69, 9.17) is 10.2 Å². The molecule has 2 heteroatoms. The maximum atomic E-state index is 8.65. The van der Waals surface area contributed by atoms with Crippen molar-refractivity contribution in [1.82, 2.24) is 0 Å². The van der Waals surface area contributed by atoms with E-state index >= 15 is 0 Å². The SMILES string of the molecule is CC(C)c1ccc(C(C)C)cc1.Oc1ccc(O)cc1. The van der Waals surface area contributed by atoms with Gasteiger partial charge in [0.1, 0.15) is 11.5 Å². The molecule has 0 aliphatic carbocycles. The lowest BCUT2D eigenvalue weighted by molar-refractivity contribution is 0.460. The van der Waals surface area contributed by atoms with Gasteiger partial charge in [0.25, 0.3) is 0 Å². The molecule has 0 bridgehead atoms. The zero-order valence-corrected chi connectivity index (χ0v) is 12.7. The van der Waals surface area contributed by atoms with Crippen LogP contribution in [0, 0.1) is 0 Å². The molecule has 108 valence electrons. The van der Waals surface area contributed by atoms with E-state index in [0.29, 0.717) is 11.8 Å². The summed E-state index contributed by atoms with van der Waals surface area (Å²) in [4.78, 5) is 0. The third-order valence-corrected chi connectivity index (χ3v) is 3.12. The Morgan fingerprint density at radius 3 is 1.00 bits per heavy atom. The van der Waals surface area contributed by atoms with Crippen LogP contribution in [0.1, 0.15) is 50.7 Å². The molecule has 0 fully saturated rings. The molecule has 2 rings (SSSR count). The van der Waals surface area contributed by atoms with Gasteiger partial charge in [-0.3, -0.25) is 0 Å². The average Bonchev–Trinajstić information content (AvgIpc) is 2.43. The minimum atomic E-state index is 0.169. The van der Waals surface area contributed by atoms with Crippen LogP contribution < -0.4 is 0 Å². The molecule has 0 atom stereocenters. The minimum Gasteiger partial charge on any atom is -0.508 e. The van der Waals surface area contributed by atoms with Crippen LogP contribution in [-0.2, 0) is 0 Å². The van der Waals surface area contributed by atoms with Crippen molar-refractivity contribution in [3.63, 3.8) is 0 Å². The van der Waals surface area contributed by atoms with Gasteiger partial charge in [0, 0.05) is 0 Å². The standard InChI is InChI=1S/C12H18.C6H6O2/c1-9(2)11-5-7-12(8-6-11)10(3)4;7-5-1-2-6(8)4-3-5/h5-10H,1-4H3;1-4,7-8H. The Labute approximate surface area is 121 Å². The summed E-state index contributed by atoms with van der Waals surface area (Å²) in [6, 6.07) is 14.6.